The first kappa shape index (κ1) is 15.2. The van der Waals surface area contributed by atoms with Gasteiger partial charge >= 0.3 is 0 Å². The average Bonchev–Trinajstić information content (AvgIpc) is 2.82. The van der Waals surface area contributed by atoms with Gasteiger partial charge in [0, 0.05) is 5.92 Å². The van der Waals surface area contributed by atoms with Crippen LogP contribution in [0, 0.1) is 40.4 Å². The molecule has 0 saturated heterocycles. The number of aldehydes is 1. The third-order valence-corrected chi connectivity index (χ3v) is 8.83. The van der Waals surface area contributed by atoms with Crippen molar-refractivity contribution in [1.82, 2.24) is 0 Å². The predicted molar refractivity (Wildman–Crippen MR) is 87.3 cm³/mol. The molecule has 4 rings (SSSR count). The molecule has 2 nitrogen and oxygen atoms in total. The number of hydrogen-bond donors (Lipinski definition) is 1. The fourth-order valence-corrected chi connectivity index (χ4v) is 7.59. The van der Waals surface area contributed by atoms with E-state index >= 15 is 0 Å². The molecule has 2 heteroatoms. The van der Waals surface area contributed by atoms with E-state index in [2.05, 4.69) is 13.8 Å². The lowest BCUT2D eigenvalue weighted by atomic mass is 9.44. The lowest BCUT2D eigenvalue weighted by Crippen LogP contribution is -2.54. The normalized spacial score (nSPS) is 57.6. The van der Waals surface area contributed by atoms with Crippen LogP contribution in [0.3, 0.4) is 0 Å². The van der Waals surface area contributed by atoms with E-state index in [0.29, 0.717) is 11.3 Å². The highest BCUT2D eigenvalue weighted by Gasteiger charge is 2.60. The molecule has 124 valence electrons. The van der Waals surface area contributed by atoms with E-state index in [1.165, 1.54) is 44.8 Å². The lowest BCUT2D eigenvalue weighted by Gasteiger charge is -2.60. The first-order valence-electron chi connectivity index (χ1n) is 9.62. The van der Waals surface area contributed by atoms with Gasteiger partial charge in [0.2, 0.25) is 0 Å². The summed E-state index contributed by atoms with van der Waals surface area (Å²) in [5.74, 6) is 3.52. The third-order valence-electron chi connectivity index (χ3n) is 8.83. The zero-order chi connectivity index (χ0) is 15.5. The maximum absolute atomic E-state index is 11.5. The molecule has 8 atom stereocenters. The molecule has 0 aromatic rings. The first-order valence-corrected chi connectivity index (χ1v) is 9.62. The van der Waals surface area contributed by atoms with Gasteiger partial charge in [0.15, 0.2) is 0 Å². The minimum absolute atomic E-state index is 0.0698. The van der Waals surface area contributed by atoms with E-state index in [-0.39, 0.29) is 11.5 Å². The Bertz CT molecular complexity index is 461. The quantitative estimate of drug-likeness (QED) is 0.737. The van der Waals surface area contributed by atoms with Crippen LogP contribution in [-0.4, -0.2) is 17.5 Å². The second-order valence-electron chi connectivity index (χ2n) is 9.46. The molecule has 0 radical (unpaired) electrons. The average molecular weight is 304 g/mol. The van der Waals surface area contributed by atoms with Crippen LogP contribution < -0.4 is 0 Å². The van der Waals surface area contributed by atoms with Gasteiger partial charge in [-0.05, 0) is 92.3 Å². The third kappa shape index (κ3) is 1.92. The molecule has 22 heavy (non-hydrogen) atoms. The van der Waals surface area contributed by atoms with Gasteiger partial charge in [0.05, 0.1) is 6.10 Å². The van der Waals surface area contributed by atoms with Crippen LogP contribution in [0.2, 0.25) is 0 Å². The van der Waals surface area contributed by atoms with Crippen LogP contribution in [0.1, 0.15) is 71.6 Å². The Hall–Kier alpha value is -0.370. The Morgan fingerprint density at radius 2 is 1.64 bits per heavy atom. The first-order chi connectivity index (χ1) is 10.5. The number of rotatable bonds is 1. The Morgan fingerprint density at radius 1 is 0.909 bits per heavy atom. The molecule has 4 aliphatic rings. The molecule has 0 bridgehead atoms. The summed E-state index contributed by atoms with van der Waals surface area (Å²) in [6.07, 6.45) is 12.1. The van der Waals surface area contributed by atoms with Crippen molar-refractivity contribution in [3.8, 4) is 0 Å². The van der Waals surface area contributed by atoms with Gasteiger partial charge in [-0.15, -0.1) is 0 Å². The van der Waals surface area contributed by atoms with Crippen molar-refractivity contribution >= 4 is 6.29 Å². The van der Waals surface area contributed by atoms with Gasteiger partial charge in [-0.2, -0.15) is 0 Å². The molecule has 4 saturated carbocycles. The minimum atomic E-state index is -0.0698. The minimum Gasteiger partial charge on any atom is -0.393 e. The van der Waals surface area contributed by atoms with Crippen LogP contribution in [0.5, 0.6) is 0 Å². The summed E-state index contributed by atoms with van der Waals surface area (Å²) in [4.78, 5) is 11.5. The standard InChI is InChI=1S/C20H32O2/c1-19-10-9-18-16(17(19)8-5-14(19)12-21)7-4-13-3-6-15(22)11-20(13,18)2/h12-18,22H,3-11H2,1-2H3/t13?,14?,15?,16-,17-,18+,19+,20-/m0/s1. The number of hydrogen-bond acceptors (Lipinski definition) is 2. The Morgan fingerprint density at radius 3 is 2.41 bits per heavy atom. The fourth-order valence-electron chi connectivity index (χ4n) is 7.59. The molecular weight excluding hydrogens is 272 g/mol. The molecule has 0 amide bonds. The topological polar surface area (TPSA) is 37.3 Å². The molecule has 0 heterocycles. The van der Waals surface area contributed by atoms with Gasteiger partial charge in [0.25, 0.3) is 0 Å². The Balaban J connectivity index is 1.64. The number of aliphatic hydroxyl groups is 1. The molecule has 1 N–H and O–H groups in total. The van der Waals surface area contributed by atoms with E-state index in [4.69, 9.17) is 0 Å². The molecule has 4 aliphatic carbocycles. The van der Waals surface area contributed by atoms with Crippen molar-refractivity contribution in [2.75, 3.05) is 0 Å². The van der Waals surface area contributed by atoms with E-state index in [0.717, 1.165) is 42.9 Å². The van der Waals surface area contributed by atoms with Gasteiger partial charge in [-0.25, -0.2) is 0 Å². The maximum Gasteiger partial charge on any atom is 0.123 e. The summed E-state index contributed by atoms with van der Waals surface area (Å²) >= 11 is 0. The van der Waals surface area contributed by atoms with E-state index in [9.17, 15) is 9.90 Å². The highest BCUT2D eigenvalue weighted by molar-refractivity contribution is 5.56. The Kier molecular flexibility index (Phi) is 3.49. The molecule has 0 aliphatic heterocycles. The van der Waals surface area contributed by atoms with Crippen LogP contribution >= 0.6 is 0 Å². The van der Waals surface area contributed by atoms with Crippen molar-refractivity contribution in [2.24, 2.45) is 40.4 Å². The highest BCUT2D eigenvalue weighted by atomic mass is 16.3. The van der Waals surface area contributed by atoms with Crippen molar-refractivity contribution in [1.29, 1.82) is 0 Å². The summed E-state index contributed by atoms with van der Waals surface area (Å²) in [5, 5.41) is 10.3. The zero-order valence-corrected chi connectivity index (χ0v) is 14.3. The van der Waals surface area contributed by atoms with E-state index in [1.807, 2.05) is 0 Å². The van der Waals surface area contributed by atoms with Gasteiger partial charge in [0.1, 0.15) is 6.29 Å². The largest absolute Gasteiger partial charge is 0.393 e. The highest BCUT2D eigenvalue weighted by Crippen LogP contribution is 2.67. The molecule has 0 spiro atoms. The van der Waals surface area contributed by atoms with E-state index < -0.39 is 0 Å². The Labute approximate surface area is 135 Å². The second-order valence-corrected chi connectivity index (χ2v) is 9.46. The second kappa shape index (κ2) is 5.06. The van der Waals surface area contributed by atoms with Gasteiger partial charge in [-0.3, -0.25) is 0 Å². The molecule has 4 fully saturated rings. The summed E-state index contributed by atoms with van der Waals surface area (Å²) in [6, 6.07) is 0. The van der Waals surface area contributed by atoms with Gasteiger partial charge < -0.3 is 9.90 Å². The number of aliphatic hydroxyl groups excluding tert-OH is 1. The maximum atomic E-state index is 11.5. The summed E-state index contributed by atoms with van der Waals surface area (Å²) < 4.78 is 0. The molecule has 0 aromatic carbocycles. The SMILES string of the molecule is C[C@]12CC(O)CCC1CC[C@@H]1[C@H]2CC[C@]2(C)C(C=O)CC[C@@H]12. The van der Waals surface area contributed by atoms with E-state index in [1.54, 1.807) is 0 Å². The van der Waals surface area contributed by atoms with Crippen LogP contribution in [0.15, 0.2) is 0 Å². The van der Waals surface area contributed by atoms with Gasteiger partial charge in [-0.1, -0.05) is 13.8 Å². The van der Waals surface area contributed by atoms with Crippen LogP contribution in [0.4, 0.5) is 0 Å². The summed E-state index contributed by atoms with van der Waals surface area (Å²) in [7, 11) is 0. The number of fused-ring (bicyclic) bond motifs is 5. The van der Waals surface area contributed by atoms with Crippen molar-refractivity contribution in [3.05, 3.63) is 0 Å². The van der Waals surface area contributed by atoms with Crippen LogP contribution in [0.25, 0.3) is 0 Å². The molecular formula is C20H32O2. The lowest BCUT2D eigenvalue weighted by molar-refractivity contribution is -0.135. The zero-order valence-electron chi connectivity index (χ0n) is 14.3. The van der Waals surface area contributed by atoms with Crippen molar-refractivity contribution < 1.29 is 9.90 Å². The molecule has 0 aromatic heterocycles. The monoisotopic (exact) mass is 304 g/mol. The van der Waals surface area contributed by atoms with Crippen LogP contribution in [-0.2, 0) is 4.79 Å². The number of carbonyl (C=O) groups excluding carboxylic acids is 1. The smallest absolute Gasteiger partial charge is 0.123 e. The molecule has 3 unspecified atom stereocenters. The van der Waals surface area contributed by atoms with Crippen molar-refractivity contribution in [3.63, 3.8) is 0 Å². The fraction of sp³-hybridized carbons (Fsp3) is 0.950. The summed E-state index contributed by atoms with van der Waals surface area (Å²) in [6.45, 7) is 4.90. The summed E-state index contributed by atoms with van der Waals surface area (Å²) in [5.41, 5.74) is 0.639. The predicted octanol–water partition coefficient (Wildman–Crippen LogP) is 4.21. The number of carbonyl (C=O) groups is 1. The van der Waals surface area contributed by atoms with Crippen molar-refractivity contribution in [2.45, 2.75) is 77.7 Å².